The van der Waals surface area contributed by atoms with E-state index in [-0.39, 0.29) is 16.8 Å². The quantitative estimate of drug-likeness (QED) is 0.729. The van der Waals surface area contributed by atoms with Crippen molar-refractivity contribution in [3.05, 3.63) is 27.7 Å². The lowest BCUT2D eigenvalue weighted by Gasteiger charge is -2.30. The summed E-state index contributed by atoms with van der Waals surface area (Å²) in [4.78, 5) is 37.1. The van der Waals surface area contributed by atoms with Crippen molar-refractivity contribution in [3.8, 4) is 0 Å². The van der Waals surface area contributed by atoms with E-state index < -0.39 is 12.0 Å². The van der Waals surface area contributed by atoms with Crippen LogP contribution in [-0.4, -0.2) is 33.9 Å². The molecule has 0 aliphatic carbocycles. The first-order valence-electron chi connectivity index (χ1n) is 7.66. The smallest absolute Gasteiger partial charge is 0.326 e. The van der Waals surface area contributed by atoms with E-state index in [4.69, 9.17) is 0 Å². The summed E-state index contributed by atoms with van der Waals surface area (Å²) in [5.41, 5.74) is 2.18. The first kappa shape index (κ1) is 20.7. The Balaban J connectivity index is 3.19. The molecule has 0 bridgehead atoms. The second-order valence-electron chi connectivity index (χ2n) is 5.53. The van der Waals surface area contributed by atoms with E-state index in [0.29, 0.717) is 12.1 Å². The molecule has 1 amide bonds. The van der Waals surface area contributed by atoms with Crippen LogP contribution in [0.4, 0.5) is 5.69 Å². The second-order valence-corrected chi connectivity index (χ2v) is 7.41. The van der Waals surface area contributed by atoms with Gasteiger partial charge in [-0.25, -0.2) is 4.79 Å². The number of hydrogen-bond donors (Lipinski definition) is 1. The molecule has 0 aliphatic heterocycles. The Bertz CT molecular complexity index is 648. The third kappa shape index (κ3) is 5.08. The van der Waals surface area contributed by atoms with Crippen LogP contribution in [0.2, 0.25) is 0 Å². The van der Waals surface area contributed by atoms with Gasteiger partial charge in [-0.1, -0.05) is 40.7 Å². The number of aryl methyl sites for hydroxylation is 1. The number of amides is 1. The fraction of sp³-hybridized carbons (Fsp3) is 0.471. The molecule has 0 saturated heterocycles. The lowest BCUT2D eigenvalue weighted by Crippen LogP contribution is -2.45. The molecular weight excluding hydrogens is 394 g/mol. The van der Waals surface area contributed by atoms with Gasteiger partial charge in [0, 0.05) is 10.9 Å². The molecule has 0 saturated carbocycles. The highest BCUT2D eigenvalue weighted by molar-refractivity contribution is 9.10. The van der Waals surface area contributed by atoms with Gasteiger partial charge in [0.2, 0.25) is 5.91 Å². The van der Waals surface area contributed by atoms with Crippen LogP contribution in [0.1, 0.15) is 37.8 Å². The summed E-state index contributed by atoms with van der Waals surface area (Å²) in [7, 11) is 0. The molecule has 0 radical (unpaired) electrons. The monoisotopic (exact) mass is 415 g/mol. The number of carboxylic acids is 1. The van der Waals surface area contributed by atoms with Crippen molar-refractivity contribution in [2.75, 3.05) is 10.7 Å². The Kier molecular flexibility index (Phi) is 7.96. The van der Waals surface area contributed by atoms with Crippen LogP contribution in [0.5, 0.6) is 0 Å². The van der Waals surface area contributed by atoms with Gasteiger partial charge >= 0.3 is 5.97 Å². The van der Waals surface area contributed by atoms with Gasteiger partial charge in [-0.3, -0.25) is 14.5 Å². The first-order valence-corrected chi connectivity index (χ1v) is 9.44. The van der Waals surface area contributed by atoms with E-state index in [1.54, 1.807) is 0 Å². The van der Waals surface area contributed by atoms with Gasteiger partial charge in [-0.2, -0.15) is 0 Å². The van der Waals surface area contributed by atoms with Crippen LogP contribution < -0.4 is 4.90 Å². The molecule has 24 heavy (non-hydrogen) atoms. The largest absolute Gasteiger partial charge is 0.480 e. The topological polar surface area (TPSA) is 74.7 Å². The molecular formula is C17H22BrNO4S. The lowest BCUT2D eigenvalue weighted by molar-refractivity contribution is -0.139. The number of halogens is 1. The summed E-state index contributed by atoms with van der Waals surface area (Å²) < 4.78 is 0.799. The minimum absolute atomic E-state index is 0.0588. The molecule has 0 aliphatic rings. The van der Waals surface area contributed by atoms with E-state index in [0.717, 1.165) is 33.8 Å². The molecule has 132 valence electrons. The molecule has 0 spiro atoms. The number of thioether (sulfide) groups is 1. The number of aliphatic carboxylic acids is 1. The van der Waals surface area contributed by atoms with Crippen molar-refractivity contribution >= 4 is 50.4 Å². The van der Waals surface area contributed by atoms with Crippen LogP contribution in [0, 0.1) is 13.8 Å². The van der Waals surface area contributed by atoms with Gasteiger partial charge in [-0.15, -0.1) is 0 Å². The molecule has 0 fully saturated rings. The van der Waals surface area contributed by atoms with E-state index in [1.807, 2.05) is 32.9 Å². The highest BCUT2D eigenvalue weighted by Gasteiger charge is 2.30. The maximum absolute atomic E-state index is 12.7. The fourth-order valence-corrected chi connectivity index (χ4v) is 3.41. The van der Waals surface area contributed by atoms with Crippen LogP contribution in [-0.2, 0) is 14.4 Å². The Morgan fingerprint density at radius 2 is 1.92 bits per heavy atom. The molecule has 0 aromatic heterocycles. The SMILES string of the molecule is CCCC(=O)SCC(=O)N(c1c(C)ccc(Br)c1C)C(C)C(=O)O. The van der Waals surface area contributed by atoms with Gasteiger partial charge in [0.15, 0.2) is 5.12 Å². The van der Waals surface area contributed by atoms with E-state index >= 15 is 0 Å². The summed E-state index contributed by atoms with van der Waals surface area (Å²) in [6.07, 6.45) is 1.13. The van der Waals surface area contributed by atoms with Crippen molar-refractivity contribution in [2.45, 2.75) is 46.6 Å². The summed E-state index contributed by atoms with van der Waals surface area (Å²) >= 11 is 4.36. The first-order chi connectivity index (χ1) is 11.2. The lowest BCUT2D eigenvalue weighted by atomic mass is 10.1. The van der Waals surface area contributed by atoms with E-state index in [1.165, 1.54) is 11.8 Å². The number of carboxylic acid groups (broad SMARTS) is 1. The number of nitrogens with zero attached hydrogens (tertiary/aromatic N) is 1. The van der Waals surface area contributed by atoms with Crippen LogP contribution in [0.3, 0.4) is 0 Å². The minimum atomic E-state index is -1.09. The average molecular weight is 416 g/mol. The Morgan fingerprint density at radius 1 is 1.29 bits per heavy atom. The van der Waals surface area contributed by atoms with Crippen molar-refractivity contribution in [3.63, 3.8) is 0 Å². The van der Waals surface area contributed by atoms with Gasteiger partial charge in [0.05, 0.1) is 11.4 Å². The summed E-state index contributed by atoms with van der Waals surface area (Å²) in [5, 5.41) is 9.34. The summed E-state index contributed by atoms with van der Waals surface area (Å²) in [6, 6.07) is 2.67. The predicted molar refractivity (Wildman–Crippen MR) is 101 cm³/mol. The molecule has 7 heteroatoms. The second kappa shape index (κ2) is 9.22. The van der Waals surface area contributed by atoms with Crippen molar-refractivity contribution in [1.29, 1.82) is 0 Å². The summed E-state index contributed by atoms with van der Waals surface area (Å²) in [6.45, 7) is 7.03. The zero-order valence-electron chi connectivity index (χ0n) is 14.3. The van der Waals surface area contributed by atoms with Gasteiger partial charge < -0.3 is 5.11 Å². The van der Waals surface area contributed by atoms with Crippen LogP contribution in [0.25, 0.3) is 0 Å². The number of rotatable bonds is 7. The summed E-state index contributed by atoms with van der Waals surface area (Å²) in [5.74, 6) is -1.54. The Labute approximate surface area is 154 Å². The molecule has 1 atom stereocenters. The van der Waals surface area contributed by atoms with Gasteiger partial charge in [-0.05, 0) is 44.4 Å². The zero-order valence-corrected chi connectivity index (χ0v) is 16.7. The highest BCUT2D eigenvalue weighted by atomic mass is 79.9. The predicted octanol–water partition coefficient (Wildman–Crippen LogP) is 3.93. The Morgan fingerprint density at radius 3 is 2.46 bits per heavy atom. The number of carbonyl (C=O) groups excluding carboxylic acids is 2. The number of benzene rings is 1. The van der Waals surface area contributed by atoms with Crippen LogP contribution >= 0.6 is 27.7 Å². The van der Waals surface area contributed by atoms with Gasteiger partial charge in [0.1, 0.15) is 6.04 Å². The van der Waals surface area contributed by atoms with E-state index in [9.17, 15) is 19.5 Å². The average Bonchev–Trinajstić information content (AvgIpc) is 2.52. The minimum Gasteiger partial charge on any atom is -0.480 e. The Hall–Kier alpha value is -1.34. The normalized spacial score (nSPS) is 11.9. The maximum atomic E-state index is 12.7. The molecule has 0 heterocycles. The highest BCUT2D eigenvalue weighted by Crippen LogP contribution is 2.32. The molecule has 1 aromatic carbocycles. The number of hydrogen-bond acceptors (Lipinski definition) is 4. The van der Waals surface area contributed by atoms with Gasteiger partial charge in [0.25, 0.3) is 0 Å². The third-order valence-electron chi connectivity index (χ3n) is 3.63. The van der Waals surface area contributed by atoms with Crippen molar-refractivity contribution in [1.82, 2.24) is 0 Å². The van der Waals surface area contributed by atoms with Crippen molar-refractivity contribution < 1.29 is 19.5 Å². The zero-order chi connectivity index (χ0) is 18.4. The van der Waals surface area contributed by atoms with Crippen LogP contribution in [0.15, 0.2) is 16.6 Å². The fourth-order valence-electron chi connectivity index (χ4n) is 2.31. The third-order valence-corrected chi connectivity index (χ3v) is 5.41. The number of anilines is 1. The standard InChI is InChI=1S/C17H22BrNO4S/c1-5-6-15(21)24-9-14(20)19(12(4)17(22)23)16-10(2)7-8-13(18)11(16)3/h7-8,12H,5-6,9H2,1-4H3,(H,22,23). The maximum Gasteiger partial charge on any atom is 0.326 e. The molecule has 1 aromatic rings. The van der Waals surface area contributed by atoms with Crippen molar-refractivity contribution in [2.24, 2.45) is 0 Å². The number of carbonyl (C=O) groups is 3. The molecule has 1 rings (SSSR count). The van der Waals surface area contributed by atoms with E-state index in [2.05, 4.69) is 15.9 Å². The molecule has 1 N–H and O–H groups in total. The molecule has 5 nitrogen and oxygen atoms in total. The molecule has 1 unspecified atom stereocenters.